The van der Waals surface area contributed by atoms with Gasteiger partial charge < -0.3 is 10.2 Å². The molecular weight excluding hydrogens is 316 g/mol. The maximum atomic E-state index is 12.0. The van der Waals surface area contributed by atoms with Gasteiger partial charge in [-0.2, -0.15) is 5.10 Å². The van der Waals surface area contributed by atoms with Crippen LogP contribution in [-0.4, -0.2) is 52.4 Å². The number of nitrogens with zero attached hydrogens (tertiary/aromatic N) is 4. The maximum absolute atomic E-state index is 12.0. The van der Waals surface area contributed by atoms with E-state index in [0.29, 0.717) is 18.4 Å². The summed E-state index contributed by atoms with van der Waals surface area (Å²) in [6.07, 6.45) is 8.53. The highest BCUT2D eigenvalue weighted by Gasteiger charge is 2.19. The van der Waals surface area contributed by atoms with Crippen LogP contribution in [0.1, 0.15) is 30.0 Å². The van der Waals surface area contributed by atoms with E-state index in [4.69, 9.17) is 0 Å². The lowest BCUT2D eigenvalue weighted by Crippen LogP contribution is -2.32. The number of rotatable bonds is 5. The fourth-order valence-corrected chi connectivity index (χ4v) is 3.12. The van der Waals surface area contributed by atoms with Crippen LogP contribution in [0.25, 0.3) is 0 Å². The summed E-state index contributed by atoms with van der Waals surface area (Å²) < 4.78 is 1.98. The average Bonchev–Trinajstić information content (AvgIpc) is 3.05. The molecule has 7 heteroatoms. The van der Waals surface area contributed by atoms with Crippen LogP contribution in [0.2, 0.25) is 0 Å². The number of aryl methyl sites for hydroxylation is 1. The molecule has 7 nitrogen and oxygen atoms in total. The van der Waals surface area contributed by atoms with Crippen molar-refractivity contribution in [3.63, 3.8) is 0 Å². The number of nitrogens with one attached hydrogen (secondary N) is 2. The molecule has 2 amide bonds. The van der Waals surface area contributed by atoms with Crippen molar-refractivity contribution in [2.24, 2.45) is 0 Å². The van der Waals surface area contributed by atoms with Crippen LogP contribution in [0.3, 0.4) is 0 Å². The first kappa shape index (κ1) is 17.4. The molecule has 2 aromatic rings. The largest absolute Gasteiger partial charge is 0.337 e. The highest BCUT2D eigenvalue weighted by Crippen LogP contribution is 2.21. The lowest BCUT2D eigenvalue weighted by Gasteiger charge is -2.28. The smallest absolute Gasteiger partial charge is 0.320 e. The molecule has 0 aromatic carbocycles. The van der Waals surface area contributed by atoms with Gasteiger partial charge >= 0.3 is 6.03 Å². The molecular formula is C18H26N6O. The van der Waals surface area contributed by atoms with Crippen LogP contribution < -0.4 is 10.6 Å². The van der Waals surface area contributed by atoms with E-state index in [-0.39, 0.29) is 6.03 Å². The molecule has 0 atom stereocenters. The summed E-state index contributed by atoms with van der Waals surface area (Å²) in [5.74, 6) is 0.594. The molecule has 1 aliphatic heterocycles. The fraction of sp³-hybridized carbons (Fsp3) is 0.500. The van der Waals surface area contributed by atoms with E-state index in [9.17, 15) is 4.79 Å². The van der Waals surface area contributed by atoms with Gasteiger partial charge in [0.05, 0.1) is 6.04 Å². The third-order valence-electron chi connectivity index (χ3n) is 4.73. The van der Waals surface area contributed by atoms with Crippen molar-refractivity contribution in [2.75, 3.05) is 32.0 Å². The lowest BCUT2D eigenvalue weighted by molar-refractivity contribution is 0.212. The number of carbonyl (C=O) groups is 1. The number of anilines is 1. The predicted molar refractivity (Wildman–Crippen MR) is 97.7 cm³/mol. The Kier molecular flexibility index (Phi) is 5.65. The molecule has 0 radical (unpaired) electrons. The van der Waals surface area contributed by atoms with E-state index in [1.165, 1.54) is 5.56 Å². The third kappa shape index (κ3) is 4.79. The molecule has 2 N–H and O–H groups in total. The number of hydrogen-bond acceptors (Lipinski definition) is 4. The first-order valence-corrected chi connectivity index (χ1v) is 8.80. The Hall–Kier alpha value is -2.41. The summed E-state index contributed by atoms with van der Waals surface area (Å²) in [6, 6.07) is 4.04. The monoisotopic (exact) mass is 342 g/mol. The third-order valence-corrected chi connectivity index (χ3v) is 4.73. The molecule has 0 spiro atoms. The van der Waals surface area contributed by atoms with Crippen LogP contribution in [0.5, 0.6) is 0 Å². The number of likely N-dealkylation sites (tertiary alicyclic amines) is 1. The van der Waals surface area contributed by atoms with Crippen molar-refractivity contribution in [3.05, 3.63) is 41.9 Å². The second kappa shape index (κ2) is 8.11. The number of urea groups is 1. The lowest BCUT2D eigenvalue weighted by atomic mass is 10.1. The fourth-order valence-electron chi connectivity index (χ4n) is 3.12. The Morgan fingerprint density at radius 3 is 2.88 bits per heavy atom. The van der Waals surface area contributed by atoms with Gasteiger partial charge in [0.15, 0.2) is 5.82 Å². The molecule has 0 aliphatic carbocycles. The van der Waals surface area contributed by atoms with Gasteiger partial charge in [-0.1, -0.05) is 0 Å². The van der Waals surface area contributed by atoms with Crippen LogP contribution >= 0.6 is 0 Å². The number of piperidine rings is 1. The molecule has 0 saturated carbocycles. The molecule has 2 aromatic heterocycles. The van der Waals surface area contributed by atoms with E-state index in [1.54, 1.807) is 6.20 Å². The summed E-state index contributed by atoms with van der Waals surface area (Å²) in [6.45, 7) is 4.77. The molecule has 0 bridgehead atoms. The second-order valence-corrected chi connectivity index (χ2v) is 6.65. The van der Waals surface area contributed by atoms with E-state index in [2.05, 4.69) is 32.7 Å². The number of carbonyl (C=O) groups excluding carboxylic acids is 1. The zero-order chi connectivity index (χ0) is 17.6. The minimum Gasteiger partial charge on any atom is -0.337 e. The van der Waals surface area contributed by atoms with Crippen LogP contribution in [-0.2, 0) is 6.42 Å². The van der Waals surface area contributed by atoms with E-state index in [0.717, 1.165) is 37.9 Å². The zero-order valence-electron chi connectivity index (χ0n) is 14.9. The van der Waals surface area contributed by atoms with Gasteiger partial charge in [0.1, 0.15) is 0 Å². The van der Waals surface area contributed by atoms with Gasteiger partial charge in [-0.15, -0.1) is 0 Å². The summed E-state index contributed by atoms with van der Waals surface area (Å²) in [7, 11) is 2.14. The van der Waals surface area contributed by atoms with Crippen molar-refractivity contribution >= 4 is 11.8 Å². The Morgan fingerprint density at radius 2 is 2.12 bits per heavy atom. The van der Waals surface area contributed by atoms with E-state index < -0.39 is 0 Å². The van der Waals surface area contributed by atoms with Gasteiger partial charge in [-0.05, 0) is 63.5 Å². The van der Waals surface area contributed by atoms with Crippen molar-refractivity contribution in [2.45, 2.75) is 32.2 Å². The molecule has 3 heterocycles. The first-order valence-electron chi connectivity index (χ1n) is 8.80. The number of hydrogen-bond donors (Lipinski definition) is 2. The van der Waals surface area contributed by atoms with Gasteiger partial charge in [0.25, 0.3) is 0 Å². The minimum atomic E-state index is -0.222. The number of pyridine rings is 1. The van der Waals surface area contributed by atoms with Crippen molar-refractivity contribution in [3.8, 4) is 0 Å². The van der Waals surface area contributed by atoms with Gasteiger partial charge in [0, 0.05) is 31.2 Å². The van der Waals surface area contributed by atoms with Crippen molar-refractivity contribution in [1.29, 1.82) is 0 Å². The molecule has 1 fully saturated rings. The number of aromatic nitrogens is 3. The van der Waals surface area contributed by atoms with Crippen molar-refractivity contribution in [1.82, 2.24) is 25.0 Å². The Morgan fingerprint density at radius 1 is 1.32 bits per heavy atom. The quantitative estimate of drug-likeness (QED) is 0.874. The van der Waals surface area contributed by atoms with E-state index in [1.807, 2.05) is 36.1 Å². The molecule has 1 aliphatic rings. The maximum Gasteiger partial charge on any atom is 0.320 e. The number of amides is 2. The highest BCUT2D eigenvalue weighted by atomic mass is 16.2. The Labute approximate surface area is 148 Å². The van der Waals surface area contributed by atoms with Gasteiger partial charge in [-0.3, -0.25) is 15.0 Å². The topological polar surface area (TPSA) is 75.1 Å². The van der Waals surface area contributed by atoms with Crippen molar-refractivity contribution < 1.29 is 4.79 Å². The highest BCUT2D eigenvalue weighted by molar-refractivity contribution is 5.88. The Bertz CT molecular complexity index is 705. The first-order chi connectivity index (χ1) is 12.1. The molecule has 3 rings (SSSR count). The molecule has 0 unspecified atom stereocenters. The summed E-state index contributed by atoms with van der Waals surface area (Å²) >= 11 is 0. The normalized spacial score (nSPS) is 15.9. The average molecular weight is 342 g/mol. The van der Waals surface area contributed by atoms with Crippen LogP contribution in [0, 0.1) is 6.92 Å². The molecule has 1 saturated heterocycles. The molecule has 25 heavy (non-hydrogen) atoms. The summed E-state index contributed by atoms with van der Waals surface area (Å²) in [4.78, 5) is 18.4. The van der Waals surface area contributed by atoms with E-state index >= 15 is 0 Å². The summed E-state index contributed by atoms with van der Waals surface area (Å²) in [5, 5.41) is 10.2. The van der Waals surface area contributed by atoms with Gasteiger partial charge in [-0.25, -0.2) is 4.79 Å². The molecule has 134 valence electrons. The Balaban J connectivity index is 1.44. The van der Waals surface area contributed by atoms with Crippen LogP contribution in [0.4, 0.5) is 10.6 Å². The predicted octanol–water partition coefficient (Wildman–Crippen LogP) is 2.22. The summed E-state index contributed by atoms with van der Waals surface area (Å²) in [5.41, 5.74) is 2.34. The standard InChI is InChI=1S/C18H26N6O/c1-14-13-19-8-3-15(14)4-9-20-18(25)21-17-7-12-24(22-17)16-5-10-23(2)11-6-16/h3,7-8,12-13,16H,4-6,9-11H2,1-2H3,(H2,20,21,22,25). The van der Waals surface area contributed by atoms with Crippen LogP contribution in [0.15, 0.2) is 30.7 Å². The minimum absolute atomic E-state index is 0.222. The van der Waals surface area contributed by atoms with Gasteiger partial charge in [0.2, 0.25) is 0 Å². The second-order valence-electron chi connectivity index (χ2n) is 6.65. The zero-order valence-corrected chi connectivity index (χ0v) is 14.9. The SMILES string of the molecule is Cc1cnccc1CCNC(=O)Nc1ccn(C2CCN(C)CC2)n1.